The second kappa shape index (κ2) is 18.3. The number of carbonyl (C=O) groups is 4. The molecule has 0 saturated heterocycles. The minimum absolute atomic E-state index is 0.174. The van der Waals surface area contributed by atoms with Crippen LogP contribution in [0.3, 0.4) is 0 Å². The average molecular weight is 653 g/mol. The number of benzene rings is 4. The molecule has 0 spiro atoms. The third kappa shape index (κ3) is 11.5. The van der Waals surface area contributed by atoms with Crippen LogP contribution in [0.4, 0.5) is 0 Å². The Kier molecular flexibility index (Phi) is 13.3. The van der Waals surface area contributed by atoms with Gasteiger partial charge in [-0.3, -0.25) is 0 Å². The molecule has 0 heterocycles. The average Bonchev–Trinajstić information content (AvgIpc) is 3.10. The molecule has 4 aromatic carbocycles. The van der Waals surface area contributed by atoms with Crippen LogP contribution in [0.1, 0.15) is 60.2 Å². The molecule has 0 amide bonds. The van der Waals surface area contributed by atoms with E-state index in [1.54, 1.807) is 48.5 Å². The lowest BCUT2D eigenvalue weighted by atomic mass is 10.2. The van der Waals surface area contributed by atoms with Gasteiger partial charge in [0.15, 0.2) is 0 Å². The van der Waals surface area contributed by atoms with E-state index in [0.717, 1.165) is 37.8 Å². The molecule has 0 radical (unpaired) electrons. The zero-order chi connectivity index (χ0) is 34.1. The van der Waals surface area contributed by atoms with Crippen molar-refractivity contribution in [2.75, 3.05) is 13.2 Å². The van der Waals surface area contributed by atoms with Gasteiger partial charge in [0.25, 0.3) is 0 Å². The summed E-state index contributed by atoms with van der Waals surface area (Å²) in [6, 6.07) is 25.0. The third-order valence-electron chi connectivity index (χ3n) is 6.57. The Morgan fingerprint density at radius 2 is 0.729 bits per heavy atom. The minimum Gasteiger partial charge on any atom is -0.494 e. The molecule has 0 bridgehead atoms. The van der Waals surface area contributed by atoms with Crippen molar-refractivity contribution in [3.63, 3.8) is 0 Å². The molecule has 0 saturated carbocycles. The van der Waals surface area contributed by atoms with Crippen molar-refractivity contribution >= 4 is 23.9 Å². The minimum atomic E-state index is -0.819. The lowest BCUT2D eigenvalue weighted by molar-refractivity contribution is -0.131. The molecule has 0 aromatic heterocycles. The van der Waals surface area contributed by atoms with Crippen LogP contribution < -0.4 is 28.4 Å². The molecule has 4 aromatic rings. The van der Waals surface area contributed by atoms with Crippen LogP contribution in [0.2, 0.25) is 0 Å². The summed E-state index contributed by atoms with van der Waals surface area (Å²) in [5, 5.41) is 0. The monoisotopic (exact) mass is 652 g/mol. The van der Waals surface area contributed by atoms with Gasteiger partial charge < -0.3 is 28.4 Å². The highest BCUT2D eigenvalue weighted by molar-refractivity contribution is 5.94. The third-order valence-corrected chi connectivity index (χ3v) is 6.57. The summed E-state index contributed by atoms with van der Waals surface area (Å²) in [7, 11) is 0. The van der Waals surface area contributed by atoms with Crippen molar-refractivity contribution in [2.24, 2.45) is 0 Å². The Morgan fingerprint density at radius 3 is 1.04 bits per heavy atom. The van der Waals surface area contributed by atoms with Gasteiger partial charge in [-0.25, -0.2) is 19.2 Å². The lowest BCUT2D eigenvalue weighted by Crippen LogP contribution is -2.10. The van der Waals surface area contributed by atoms with E-state index in [0.29, 0.717) is 35.8 Å². The first kappa shape index (κ1) is 35.0. The van der Waals surface area contributed by atoms with Gasteiger partial charge in [0.1, 0.15) is 34.5 Å². The maximum absolute atomic E-state index is 12.5. The van der Waals surface area contributed by atoms with Gasteiger partial charge in [-0.05, 0) is 110 Å². The molecule has 0 N–H and O–H groups in total. The van der Waals surface area contributed by atoms with Crippen molar-refractivity contribution < 1.29 is 47.6 Å². The first-order valence-corrected chi connectivity index (χ1v) is 15.5. The molecule has 0 aliphatic rings. The summed E-state index contributed by atoms with van der Waals surface area (Å²) in [6.45, 7) is 5.38. The van der Waals surface area contributed by atoms with E-state index in [1.165, 1.54) is 48.5 Å². The molecule has 48 heavy (non-hydrogen) atoms. The van der Waals surface area contributed by atoms with Crippen LogP contribution >= 0.6 is 0 Å². The molecule has 0 fully saturated rings. The van der Waals surface area contributed by atoms with Crippen molar-refractivity contribution in [2.45, 2.75) is 39.5 Å². The number of carbonyl (C=O) groups excluding carboxylic acids is 4. The molecule has 10 heteroatoms. The number of ether oxygens (including phenoxy) is 6. The zero-order valence-electron chi connectivity index (χ0n) is 26.7. The Labute approximate surface area is 278 Å². The quantitative estimate of drug-likeness (QED) is 0.0519. The Hall–Kier alpha value is -5.90. The van der Waals surface area contributed by atoms with Gasteiger partial charge >= 0.3 is 23.9 Å². The normalized spacial score (nSPS) is 10.6. The summed E-state index contributed by atoms with van der Waals surface area (Å²) in [5.74, 6) is -0.529. The molecule has 248 valence electrons. The van der Waals surface area contributed by atoms with Gasteiger partial charge in [-0.2, -0.15) is 0 Å². The van der Waals surface area contributed by atoms with Crippen LogP contribution in [0.5, 0.6) is 34.5 Å². The highest BCUT2D eigenvalue weighted by Gasteiger charge is 2.12. The molecule has 10 nitrogen and oxygen atoms in total. The fourth-order valence-corrected chi connectivity index (χ4v) is 3.96. The van der Waals surface area contributed by atoms with Gasteiger partial charge in [-0.1, -0.05) is 26.7 Å². The topological polar surface area (TPSA) is 124 Å². The van der Waals surface area contributed by atoms with Crippen LogP contribution in [-0.2, 0) is 9.59 Å². The highest BCUT2D eigenvalue weighted by Crippen LogP contribution is 2.22. The maximum atomic E-state index is 12.5. The first-order chi connectivity index (χ1) is 23.3. The molecule has 0 unspecified atom stereocenters. The fourth-order valence-electron chi connectivity index (χ4n) is 3.96. The van der Waals surface area contributed by atoms with E-state index in [2.05, 4.69) is 13.8 Å². The van der Waals surface area contributed by atoms with Gasteiger partial charge in [0.2, 0.25) is 0 Å². The van der Waals surface area contributed by atoms with Crippen molar-refractivity contribution in [3.8, 4) is 34.5 Å². The number of esters is 4. The summed E-state index contributed by atoms with van der Waals surface area (Å²) >= 11 is 0. The number of unbranched alkanes of at least 4 members (excludes halogenated alkanes) is 2. The maximum Gasteiger partial charge on any atom is 0.343 e. The molecule has 0 atom stereocenters. The summed E-state index contributed by atoms with van der Waals surface area (Å²) in [5.41, 5.74) is 0.714. The predicted molar refractivity (Wildman–Crippen MR) is 177 cm³/mol. The number of hydrogen-bond donors (Lipinski definition) is 0. The largest absolute Gasteiger partial charge is 0.494 e. The molecule has 0 aliphatic heterocycles. The van der Waals surface area contributed by atoms with Crippen molar-refractivity contribution in [1.82, 2.24) is 0 Å². The second-order valence-electron chi connectivity index (χ2n) is 10.4. The fraction of sp³-hybridized carbons (Fsp3) is 0.211. The van der Waals surface area contributed by atoms with Crippen molar-refractivity contribution in [1.29, 1.82) is 0 Å². The highest BCUT2D eigenvalue weighted by atomic mass is 16.6. The van der Waals surface area contributed by atoms with Crippen molar-refractivity contribution in [3.05, 3.63) is 120 Å². The zero-order valence-corrected chi connectivity index (χ0v) is 26.7. The molecular formula is C38H36O10. The Morgan fingerprint density at radius 1 is 0.438 bits per heavy atom. The Bertz CT molecular complexity index is 1550. The predicted octanol–water partition coefficient (Wildman–Crippen LogP) is 7.55. The molecule has 4 rings (SSSR count). The first-order valence-electron chi connectivity index (χ1n) is 15.5. The van der Waals surface area contributed by atoms with E-state index >= 15 is 0 Å². The smallest absolute Gasteiger partial charge is 0.343 e. The van der Waals surface area contributed by atoms with Gasteiger partial charge in [0.05, 0.1) is 24.3 Å². The molecular weight excluding hydrogens is 616 g/mol. The second-order valence-corrected chi connectivity index (χ2v) is 10.4. The van der Waals surface area contributed by atoms with Crippen LogP contribution in [-0.4, -0.2) is 37.1 Å². The lowest BCUT2D eigenvalue weighted by Gasteiger charge is -2.08. The van der Waals surface area contributed by atoms with E-state index in [4.69, 9.17) is 28.4 Å². The van der Waals surface area contributed by atoms with Crippen LogP contribution in [0.25, 0.3) is 0 Å². The standard InChI is InChI=1S/C38H36O10/c1-3-5-25-43-29-11-7-27(8-12-29)37(41)47-33-19-15-31(16-20-33)45-35(39)23-24-36(40)46-32-17-21-34(22-18-32)48-38(42)28-9-13-30(14-10-28)44-26-6-4-2/h7-24H,3-6,25-26H2,1-2H3/b24-23+. The van der Waals surface area contributed by atoms with Crippen LogP contribution in [0, 0.1) is 0 Å². The Balaban J connectivity index is 1.19. The summed E-state index contributed by atoms with van der Waals surface area (Å²) in [4.78, 5) is 49.3. The SMILES string of the molecule is CCCCOc1ccc(C(=O)Oc2ccc(OC(=O)/C=C/C(=O)Oc3ccc(OC(=O)c4ccc(OCCCC)cc4)cc3)cc2)cc1. The van der Waals surface area contributed by atoms with Gasteiger partial charge in [0, 0.05) is 12.2 Å². The van der Waals surface area contributed by atoms with Gasteiger partial charge in [-0.15, -0.1) is 0 Å². The van der Waals surface area contributed by atoms with E-state index in [1.807, 2.05) is 0 Å². The van der Waals surface area contributed by atoms with E-state index in [-0.39, 0.29) is 23.0 Å². The summed E-state index contributed by atoms with van der Waals surface area (Å²) < 4.78 is 32.3. The van der Waals surface area contributed by atoms with Crippen LogP contribution in [0.15, 0.2) is 109 Å². The number of hydrogen-bond acceptors (Lipinski definition) is 10. The molecule has 0 aliphatic carbocycles. The van der Waals surface area contributed by atoms with E-state index < -0.39 is 23.9 Å². The number of rotatable bonds is 16. The van der Waals surface area contributed by atoms with E-state index in [9.17, 15) is 19.2 Å². The summed E-state index contributed by atoms with van der Waals surface area (Å²) in [6.07, 6.45) is 5.79.